The molecule has 2 aromatic heterocycles. The van der Waals surface area contributed by atoms with Crippen molar-refractivity contribution >= 4 is 16.3 Å². The van der Waals surface area contributed by atoms with Crippen LogP contribution in [0.4, 0.5) is 4.39 Å². The van der Waals surface area contributed by atoms with Crippen LogP contribution >= 0.6 is 11.3 Å². The second-order valence-corrected chi connectivity index (χ2v) is 5.41. The van der Waals surface area contributed by atoms with Crippen LogP contribution in [0.25, 0.3) is 16.2 Å². The minimum absolute atomic E-state index is 0.309. The van der Waals surface area contributed by atoms with E-state index >= 15 is 0 Å². The highest BCUT2D eigenvalue weighted by molar-refractivity contribution is 7.16. The van der Waals surface area contributed by atoms with Gasteiger partial charge in [-0.2, -0.15) is 14.9 Å². The lowest BCUT2D eigenvalue weighted by atomic mass is 10.1. The lowest BCUT2D eigenvalue weighted by Gasteiger charge is -1.97. The van der Waals surface area contributed by atoms with Crippen LogP contribution in [0, 0.1) is 17.1 Å². The molecule has 0 fully saturated rings. The van der Waals surface area contributed by atoms with Gasteiger partial charge in [0.15, 0.2) is 5.69 Å². The highest BCUT2D eigenvalue weighted by Gasteiger charge is 2.17. The summed E-state index contributed by atoms with van der Waals surface area (Å²) in [7, 11) is 0. The average molecular weight is 286 g/mol. The van der Waals surface area contributed by atoms with Gasteiger partial charge in [0.05, 0.1) is 0 Å². The van der Waals surface area contributed by atoms with Crippen LogP contribution in [0.3, 0.4) is 0 Å². The minimum Gasteiger partial charge on any atom is -0.216 e. The zero-order valence-electron chi connectivity index (χ0n) is 10.8. The van der Waals surface area contributed by atoms with E-state index in [0.29, 0.717) is 16.3 Å². The fourth-order valence-corrected chi connectivity index (χ4v) is 3.01. The fraction of sp³-hybridized carbons (Fsp3) is 0.214. The van der Waals surface area contributed by atoms with Gasteiger partial charge in [0, 0.05) is 12.0 Å². The van der Waals surface area contributed by atoms with Gasteiger partial charge < -0.3 is 0 Å². The Morgan fingerprint density at radius 1 is 1.35 bits per heavy atom. The van der Waals surface area contributed by atoms with Crippen LogP contribution in [0.5, 0.6) is 0 Å². The lowest BCUT2D eigenvalue weighted by molar-refractivity contribution is 0.628. The Morgan fingerprint density at radius 2 is 2.10 bits per heavy atom. The summed E-state index contributed by atoms with van der Waals surface area (Å²) in [5.41, 5.74) is 1.66. The van der Waals surface area contributed by atoms with Crippen LogP contribution in [0.1, 0.15) is 24.0 Å². The van der Waals surface area contributed by atoms with Crippen molar-refractivity contribution in [2.45, 2.75) is 19.8 Å². The van der Waals surface area contributed by atoms with Crippen molar-refractivity contribution in [2.75, 3.05) is 0 Å². The first-order chi connectivity index (χ1) is 9.72. The number of aromatic nitrogens is 3. The van der Waals surface area contributed by atoms with Crippen molar-refractivity contribution in [1.29, 1.82) is 5.26 Å². The first kappa shape index (κ1) is 12.8. The monoisotopic (exact) mass is 286 g/mol. The van der Waals surface area contributed by atoms with Gasteiger partial charge in [0.1, 0.15) is 22.6 Å². The maximum Gasteiger partial charge on any atom is 0.214 e. The van der Waals surface area contributed by atoms with Gasteiger partial charge in [0.2, 0.25) is 4.96 Å². The molecule has 0 radical (unpaired) electrons. The molecule has 20 heavy (non-hydrogen) atoms. The van der Waals surface area contributed by atoms with Crippen LogP contribution in [-0.2, 0) is 6.42 Å². The van der Waals surface area contributed by atoms with Crippen LogP contribution < -0.4 is 0 Å². The van der Waals surface area contributed by atoms with E-state index < -0.39 is 0 Å². The van der Waals surface area contributed by atoms with E-state index in [1.54, 1.807) is 16.6 Å². The molecule has 1 aromatic carbocycles. The molecule has 0 N–H and O–H groups in total. The van der Waals surface area contributed by atoms with E-state index in [-0.39, 0.29) is 5.82 Å². The van der Waals surface area contributed by atoms with Gasteiger partial charge in [-0.25, -0.2) is 9.37 Å². The molecule has 0 atom stereocenters. The molecule has 100 valence electrons. The Bertz CT molecular complexity index is 795. The highest BCUT2D eigenvalue weighted by atomic mass is 32.1. The zero-order chi connectivity index (χ0) is 14.1. The third-order valence-corrected chi connectivity index (χ3v) is 3.90. The molecule has 2 heterocycles. The number of rotatable bonds is 3. The summed E-state index contributed by atoms with van der Waals surface area (Å²) in [5.74, 6) is -0.309. The summed E-state index contributed by atoms with van der Waals surface area (Å²) in [5, 5.41) is 14.7. The van der Waals surface area contributed by atoms with Gasteiger partial charge in [0.25, 0.3) is 0 Å². The molecule has 0 aliphatic carbocycles. The number of nitrogens with zero attached hydrogens (tertiary/aromatic N) is 4. The van der Waals surface area contributed by atoms with Crippen molar-refractivity contribution < 1.29 is 4.39 Å². The molecule has 0 saturated heterocycles. The number of halogens is 1. The topological polar surface area (TPSA) is 54.0 Å². The third kappa shape index (κ3) is 2.06. The molecule has 0 amide bonds. The van der Waals surface area contributed by atoms with Gasteiger partial charge in [-0.3, -0.25) is 0 Å². The summed E-state index contributed by atoms with van der Waals surface area (Å²) in [6.45, 7) is 2.08. The molecule has 0 aliphatic rings. The minimum atomic E-state index is -0.309. The summed E-state index contributed by atoms with van der Waals surface area (Å²) in [6.07, 6.45) is 1.88. The zero-order valence-corrected chi connectivity index (χ0v) is 11.6. The molecule has 0 saturated carbocycles. The molecule has 3 rings (SSSR count). The van der Waals surface area contributed by atoms with Crippen molar-refractivity contribution in [1.82, 2.24) is 14.6 Å². The van der Waals surface area contributed by atoms with E-state index in [2.05, 4.69) is 23.1 Å². The largest absolute Gasteiger partial charge is 0.216 e. The van der Waals surface area contributed by atoms with Crippen molar-refractivity contribution in [2.24, 2.45) is 0 Å². The summed E-state index contributed by atoms with van der Waals surface area (Å²) >= 11 is 1.49. The molecule has 4 nitrogen and oxygen atoms in total. The third-order valence-electron chi connectivity index (χ3n) is 2.93. The van der Waals surface area contributed by atoms with E-state index in [1.165, 1.54) is 23.5 Å². The fourth-order valence-electron chi connectivity index (χ4n) is 2.01. The Labute approximate surface area is 119 Å². The molecule has 6 heteroatoms. The Balaban J connectivity index is 2.14. The number of fused-ring (bicyclic) bond motifs is 1. The second-order valence-electron chi connectivity index (χ2n) is 4.37. The number of nitriles is 1. The van der Waals surface area contributed by atoms with Gasteiger partial charge in [-0.05, 0) is 30.7 Å². The van der Waals surface area contributed by atoms with E-state index in [4.69, 9.17) is 0 Å². The van der Waals surface area contributed by atoms with E-state index in [1.807, 2.05) is 0 Å². The summed E-state index contributed by atoms with van der Waals surface area (Å²) < 4.78 is 14.5. The number of hydrogen-bond donors (Lipinski definition) is 0. The Hall–Kier alpha value is -2.26. The second kappa shape index (κ2) is 5.02. The van der Waals surface area contributed by atoms with E-state index in [0.717, 1.165) is 23.4 Å². The van der Waals surface area contributed by atoms with E-state index in [9.17, 15) is 9.65 Å². The first-order valence-electron chi connectivity index (χ1n) is 6.27. The number of benzene rings is 1. The van der Waals surface area contributed by atoms with Crippen molar-refractivity contribution in [3.05, 3.63) is 40.8 Å². The predicted molar refractivity (Wildman–Crippen MR) is 75.0 cm³/mol. The smallest absolute Gasteiger partial charge is 0.214 e. The van der Waals surface area contributed by atoms with Gasteiger partial charge in [-0.15, -0.1) is 0 Å². The normalized spacial score (nSPS) is 10.8. The number of aryl methyl sites for hydroxylation is 1. The van der Waals surface area contributed by atoms with Gasteiger partial charge in [-0.1, -0.05) is 18.3 Å². The maximum atomic E-state index is 13.0. The SMILES string of the molecule is CCCc1nn2c(C#N)c(-c3ccc(F)cc3)nc2s1. The molecule has 0 unspecified atom stereocenters. The summed E-state index contributed by atoms with van der Waals surface area (Å²) in [4.78, 5) is 5.16. The molecular weight excluding hydrogens is 275 g/mol. The molecule has 0 spiro atoms. The predicted octanol–water partition coefficient (Wildman–Crippen LogP) is 3.42. The molecule has 0 aliphatic heterocycles. The van der Waals surface area contributed by atoms with Crippen LogP contribution in [0.2, 0.25) is 0 Å². The highest BCUT2D eigenvalue weighted by Crippen LogP contribution is 2.27. The quantitative estimate of drug-likeness (QED) is 0.741. The molecular formula is C14H11FN4S. The lowest BCUT2D eigenvalue weighted by Crippen LogP contribution is -1.92. The van der Waals surface area contributed by atoms with Gasteiger partial charge >= 0.3 is 0 Å². The van der Waals surface area contributed by atoms with Crippen molar-refractivity contribution in [3.8, 4) is 17.3 Å². The maximum absolute atomic E-state index is 13.0. The first-order valence-corrected chi connectivity index (χ1v) is 7.09. The summed E-state index contributed by atoms with van der Waals surface area (Å²) in [6, 6.07) is 8.10. The molecule has 3 aromatic rings. The number of hydrogen-bond acceptors (Lipinski definition) is 4. The Morgan fingerprint density at radius 3 is 2.75 bits per heavy atom. The number of imidazole rings is 1. The Kier molecular flexibility index (Phi) is 3.20. The van der Waals surface area contributed by atoms with Crippen molar-refractivity contribution in [3.63, 3.8) is 0 Å². The standard InChI is InChI=1S/C14H11FN4S/c1-2-3-12-18-19-11(8-16)13(17-14(19)20-12)9-4-6-10(15)7-5-9/h4-7H,2-3H2,1H3. The molecule has 0 bridgehead atoms. The van der Waals surface area contributed by atoms with Crippen LogP contribution in [0.15, 0.2) is 24.3 Å². The van der Waals surface area contributed by atoms with Crippen LogP contribution in [-0.4, -0.2) is 14.6 Å². The average Bonchev–Trinajstić information content (AvgIpc) is 2.96.